The molecule has 1 aromatic heterocycles. The lowest BCUT2D eigenvalue weighted by molar-refractivity contribution is -0.125. The van der Waals surface area contributed by atoms with Crippen LogP contribution in [0, 0.1) is 0 Å². The third-order valence-electron chi connectivity index (χ3n) is 6.99. The standard InChI is InChI=1S/C31H40N5O5P/c1-22(2)36-31-25-14-8-7-13-24(25)21-35(27-16-10-9-15-26(27)30(31)33-34-36)29(38)18-17-28(37)32-19-11-5-6-12-20-40-42(39)41-23(3)4/h7-10,13-16,22-23H,5-6,11-12,17-21H2,1-4H3/p+1. The number of fused-ring (bicyclic) bond motifs is 5. The first-order valence-electron chi connectivity index (χ1n) is 14.7. The predicted octanol–water partition coefficient (Wildman–Crippen LogP) is 6.60. The zero-order valence-corrected chi connectivity index (χ0v) is 25.8. The lowest BCUT2D eigenvalue weighted by Crippen LogP contribution is -2.33. The fourth-order valence-electron chi connectivity index (χ4n) is 4.96. The van der Waals surface area contributed by atoms with Crippen LogP contribution in [0.3, 0.4) is 0 Å². The summed E-state index contributed by atoms with van der Waals surface area (Å²) in [7, 11) is -2.06. The van der Waals surface area contributed by atoms with Crippen molar-refractivity contribution in [1.82, 2.24) is 20.3 Å². The highest BCUT2D eigenvalue weighted by Gasteiger charge is 2.29. The number of carbonyl (C=O) groups excluding carboxylic acids is 2. The molecule has 0 bridgehead atoms. The summed E-state index contributed by atoms with van der Waals surface area (Å²) in [6.45, 7) is 9.10. The van der Waals surface area contributed by atoms with E-state index in [1.807, 2.05) is 61.0 Å². The van der Waals surface area contributed by atoms with Gasteiger partial charge in [-0.3, -0.25) is 9.59 Å². The molecular weight excluding hydrogens is 553 g/mol. The summed E-state index contributed by atoms with van der Waals surface area (Å²) in [5, 5.41) is 11.9. The van der Waals surface area contributed by atoms with Gasteiger partial charge in [0, 0.05) is 41.1 Å². The average Bonchev–Trinajstić information content (AvgIpc) is 3.40. The second kappa shape index (κ2) is 15.1. The molecule has 4 rings (SSSR count). The Bertz CT molecular complexity index is 1390. The highest BCUT2D eigenvalue weighted by atomic mass is 31.1. The fraction of sp³-hybridized carbons (Fsp3) is 0.484. The van der Waals surface area contributed by atoms with Crippen LogP contribution in [0.2, 0.25) is 0 Å². The van der Waals surface area contributed by atoms with Gasteiger partial charge < -0.3 is 10.2 Å². The van der Waals surface area contributed by atoms with E-state index < -0.39 is 8.25 Å². The summed E-state index contributed by atoms with van der Waals surface area (Å²) in [5.74, 6) is -0.260. The lowest BCUT2D eigenvalue weighted by atomic mass is 9.95. The number of anilines is 1. The number of rotatable bonds is 14. The maximum atomic E-state index is 13.6. The fourth-order valence-corrected chi connectivity index (χ4v) is 5.64. The maximum Gasteiger partial charge on any atom is 0.697 e. The highest BCUT2D eigenvalue weighted by molar-refractivity contribution is 7.33. The molecule has 224 valence electrons. The number of nitrogens with zero attached hydrogens (tertiary/aromatic N) is 4. The summed E-state index contributed by atoms with van der Waals surface area (Å²) < 4.78 is 23.7. The van der Waals surface area contributed by atoms with Crippen LogP contribution >= 0.6 is 8.25 Å². The van der Waals surface area contributed by atoms with Gasteiger partial charge >= 0.3 is 8.25 Å². The van der Waals surface area contributed by atoms with E-state index in [1.54, 1.807) is 4.90 Å². The first-order valence-corrected chi connectivity index (χ1v) is 15.8. The molecule has 0 saturated carbocycles. The molecule has 2 heterocycles. The second-order valence-corrected chi connectivity index (χ2v) is 11.9. The number of aromatic nitrogens is 3. The minimum atomic E-state index is -2.06. The Hall–Kier alpha value is -3.46. The molecule has 2 aromatic carbocycles. The first kappa shape index (κ1) is 31.5. The number of para-hydroxylation sites is 1. The van der Waals surface area contributed by atoms with Crippen molar-refractivity contribution in [2.24, 2.45) is 0 Å². The van der Waals surface area contributed by atoms with Gasteiger partial charge in [0.05, 0.1) is 17.9 Å². The van der Waals surface area contributed by atoms with Gasteiger partial charge in [0.2, 0.25) is 11.8 Å². The number of hydrogen-bond acceptors (Lipinski definition) is 7. The van der Waals surface area contributed by atoms with Crippen molar-refractivity contribution in [1.29, 1.82) is 0 Å². The molecule has 1 atom stereocenters. The van der Waals surface area contributed by atoms with Gasteiger partial charge in [-0.15, -0.1) is 14.1 Å². The minimum absolute atomic E-state index is 0.0990. The molecule has 0 radical (unpaired) electrons. The molecule has 1 aliphatic rings. The summed E-state index contributed by atoms with van der Waals surface area (Å²) in [5.41, 5.74) is 5.30. The Labute approximate surface area is 248 Å². The van der Waals surface area contributed by atoms with Crippen molar-refractivity contribution in [3.63, 3.8) is 0 Å². The van der Waals surface area contributed by atoms with Crippen LogP contribution in [-0.4, -0.2) is 46.1 Å². The molecule has 42 heavy (non-hydrogen) atoms. The van der Waals surface area contributed by atoms with Gasteiger partial charge in [0.25, 0.3) is 0 Å². The van der Waals surface area contributed by atoms with E-state index in [1.165, 1.54) is 0 Å². The Kier molecular flexibility index (Phi) is 11.3. The maximum absolute atomic E-state index is 13.6. The number of carbonyl (C=O) groups is 2. The van der Waals surface area contributed by atoms with Crippen LogP contribution in [0.25, 0.3) is 22.5 Å². The summed E-state index contributed by atoms with van der Waals surface area (Å²) in [6, 6.07) is 15.9. The lowest BCUT2D eigenvalue weighted by Gasteiger charge is -2.28. The Morgan fingerprint density at radius 1 is 0.952 bits per heavy atom. The molecule has 0 aliphatic carbocycles. The molecule has 1 aliphatic heterocycles. The topological polar surface area (TPSA) is 116 Å². The number of nitrogens with one attached hydrogen (secondary N) is 1. The zero-order valence-electron chi connectivity index (χ0n) is 24.9. The minimum Gasteiger partial charge on any atom is -0.356 e. The van der Waals surface area contributed by atoms with Crippen molar-refractivity contribution < 1.29 is 23.2 Å². The zero-order chi connectivity index (χ0) is 30.1. The van der Waals surface area contributed by atoms with Gasteiger partial charge in [-0.2, -0.15) is 0 Å². The SMILES string of the molecule is CC(C)O[P+](=O)OCCCCCCNC(=O)CCC(=O)N1Cc2ccccc2-c2c(nnn2C(C)C)-c2ccccc21. The van der Waals surface area contributed by atoms with Crippen LogP contribution in [-0.2, 0) is 29.7 Å². The largest absolute Gasteiger partial charge is 0.697 e. The van der Waals surface area contributed by atoms with Crippen molar-refractivity contribution in [3.8, 4) is 22.5 Å². The quantitative estimate of drug-likeness (QED) is 0.165. The van der Waals surface area contributed by atoms with Crippen LogP contribution < -0.4 is 10.2 Å². The van der Waals surface area contributed by atoms with E-state index in [-0.39, 0.29) is 36.8 Å². The van der Waals surface area contributed by atoms with Crippen LogP contribution in [0.1, 0.15) is 77.8 Å². The van der Waals surface area contributed by atoms with Gasteiger partial charge in [-0.1, -0.05) is 60.5 Å². The Balaban J connectivity index is 1.33. The molecule has 3 aromatic rings. The predicted molar refractivity (Wildman–Crippen MR) is 163 cm³/mol. The number of unbranched alkanes of at least 4 members (excludes halogenated alkanes) is 3. The monoisotopic (exact) mass is 594 g/mol. The van der Waals surface area contributed by atoms with Crippen molar-refractivity contribution in [2.75, 3.05) is 18.1 Å². The molecule has 1 N–H and O–H groups in total. The van der Waals surface area contributed by atoms with Gasteiger partial charge in [-0.25, -0.2) is 4.68 Å². The van der Waals surface area contributed by atoms with E-state index in [0.717, 1.165) is 59.4 Å². The molecule has 2 amide bonds. The molecular formula is C31H41N5O5P+. The first-order chi connectivity index (χ1) is 20.3. The normalized spacial score (nSPS) is 12.8. The highest BCUT2D eigenvalue weighted by Crippen LogP contribution is 2.41. The Morgan fingerprint density at radius 3 is 2.43 bits per heavy atom. The molecule has 0 saturated heterocycles. The van der Waals surface area contributed by atoms with E-state index >= 15 is 0 Å². The third-order valence-corrected chi connectivity index (χ3v) is 7.98. The smallest absolute Gasteiger partial charge is 0.356 e. The van der Waals surface area contributed by atoms with Gasteiger partial charge in [0.1, 0.15) is 18.4 Å². The molecule has 11 heteroatoms. The van der Waals surface area contributed by atoms with E-state index in [2.05, 4.69) is 35.5 Å². The molecule has 0 spiro atoms. The summed E-state index contributed by atoms with van der Waals surface area (Å²) >= 11 is 0. The van der Waals surface area contributed by atoms with Crippen molar-refractivity contribution >= 4 is 25.8 Å². The Morgan fingerprint density at radius 2 is 1.67 bits per heavy atom. The molecule has 1 unspecified atom stereocenters. The summed E-state index contributed by atoms with van der Waals surface area (Å²) in [6.07, 6.45) is 3.51. The second-order valence-electron chi connectivity index (χ2n) is 11.0. The van der Waals surface area contributed by atoms with E-state index in [4.69, 9.17) is 9.05 Å². The van der Waals surface area contributed by atoms with Gasteiger partial charge in [0.15, 0.2) is 0 Å². The summed E-state index contributed by atoms with van der Waals surface area (Å²) in [4.78, 5) is 27.9. The van der Waals surface area contributed by atoms with E-state index in [0.29, 0.717) is 19.7 Å². The van der Waals surface area contributed by atoms with Gasteiger partial charge in [-0.05, 0) is 52.2 Å². The van der Waals surface area contributed by atoms with Crippen LogP contribution in [0.5, 0.6) is 0 Å². The van der Waals surface area contributed by atoms with Crippen LogP contribution in [0.4, 0.5) is 5.69 Å². The molecule has 10 nitrogen and oxygen atoms in total. The van der Waals surface area contributed by atoms with Crippen molar-refractivity contribution in [3.05, 3.63) is 54.1 Å². The van der Waals surface area contributed by atoms with Crippen molar-refractivity contribution in [2.45, 2.75) is 84.9 Å². The number of hydrogen-bond donors (Lipinski definition) is 1. The molecule has 0 fully saturated rings. The number of amides is 2. The number of benzene rings is 2. The van der Waals surface area contributed by atoms with Crippen LogP contribution in [0.15, 0.2) is 48.5 Å². The van der Waals surface area contributed by atoms with E-state index in [9.17, 15) is 14.2 Å². The third kappa shape index (κ3) is 8.09. The average molecular weight is 595 g/mol.